The molecule has 3 aliphatic rings. The lowest BCUT2D eigenvalue weighted by Crippen LogP contribution is -2.69. The fraction of sp³-hybridized carbons (Fsp3) is 0.358. The molecule has 6 atom stereocenters. The largest absolute Gasteiger partial charge is 0.460 e. The molecule has 0 bridgehead atoms. The lowest BCUT2D eigenvalue weighted by Gasteiger charge is -2.59. The van der Waals surface area contributed by atoms with Crippen LogP contribution in [0.5, 0.6) is 17.2 Å². The van der Waals surface area contributed by atoms with Crippen LogP contribution in [0.1, 0.15) is 68.9 Å². The Balaban J connectivity index is 1.30. The number of rotatable bonds is 21. The summed E-state index contributed by atoms with van der Waals surface area (Å²) >= 11 is 0. The minimum Gasteiger partial charge on any atom is -0.460 e. The fourth-order valence-corrected chi connectivity index (χ4v) is 11.6. The summed E-state index contributed by atoms with van der Waals surface area (Å²) < 4.78 is 52.1. The molecule has 0 saturated heterocycles. The lowest BCUT2D eigenvalue weighted by atomic mass is 9.55. The SMILES string of the molecule is C=CCOC12Oc3ccc(Oc4ccc5ccccc5c4)cc3C3C(CCCCO)C(CCCCO)C=C(C(=NOCc4ccc([N+](=O)[O-])cc4)CC1N(C)S(=O)(=O)c1ccc(NC(C)=O)cc1)C32. The van der Waals surface area contributed by atoms with Crippen molar-refractivity contribution in [1.29, 1.82) is 0 Å². The number of amides is 1. The monoisotopic (exact) mass is 958 g/mol. The first-order chi connectivity index (χ1) is 33.4. The number of nitrogens with one attached hydrogen (secondary N) is 1. The van der Waals surface area contributed by atoms with Gasteiger partial charge in [0.1, 0.15) is 23.9 Å². The number of fused-ring (bicyclic) bond motifs is 3. The topological polar surface area (TPSA) is 199 Å². The second-order valence-electron chi connectivity index (χ2n) is 17.8. The van der Waals surface area contributed by atoms with Crippen molar-refractivity contribution in [2.24, 2.45) is 22.9 Å². The van der Waals surface area contributed by atoms with Crippen molar-refractivity contribution in [3.8, 4) is 17.2 Å². The first-order valence-corrected chi connectivity index (χ1v) is 24.8. The maximum Gasteiger partial charge on any atom is 0.269 e. The average molecular weight is 959 g/mol. The first-order valence-electron chi connectivity index (χ1n) is 23.3. The van der Waals surface area contributed by atoms with E-state index in [2.05, 4.69) is 18.0 Å². The maximum atomic E-state index is 15.0. The van der Waals surface area contributed by atoms with E-state index in [9.17, 15) is 33.5 Å². The number of carbonyl (C=O) groups excluding carboxylic acids is 1. The number of anilines is 1. The number of aliphatic hydroxyl groups is 2. The number of hydrogen-bond acceptors (Lipinski definition) is 12. The number of aliphatic hydroxyl groups excluding tert-OH is 2. The highest BCUT2D eigenvalue weighted by molar-refractivity contribution is 7.89. The van der Waals surface area contributed by atoms with Crippen LogP contribution < -0.4 is 14.8 Å². The number of nitro benzene ring substituents is 1. The van der Waals surface area contributed by atoms with Gasteiger partial charge in [-0.3, -0.25) is 14.9 Å². The van der Waals surface area contributed by atoms with Crippen LogP contribution >= 0.6 is 0 Å². The van der Waals surface area contributed by atoms with Gasteiger partial charge in [-0.15, -0.1) is 6.58 Å². The molecule has 1 amide bonds. The van der Waals surface area contributed by atoms with Gasteiger partial charge in [0.15, 0.2) is 0 Å². The third kappa shape index (κ3) is 10.5. The van der Waals surface area contributed by atoms with Gasteiger partial charge in [0.05, 0.1) is 34.1 Å². The van der Waals surface area contributed by atoms with Gasteiger partial charge >= 0.3 is 0 Å². The number of hydrogen-bond donors (Lipinski definition) is 3. The Morgan fingerprint density at radius 2 is 1.64 bits per heavy atom. The zero-order chi connectivity index (χ0) is 48.7. The third-order valence-corrected chi connectivity index (χ3v) is 15.3. The Morgan fingerprint density at radius 3 is 2.33 bits per heavy atom. The van der Waals surface area contributed by atoms with Gasteiger partial charge in [0.2, 0.25) is 21.7 Å². The number of allylic oxidation sites excluding steroid dienone is 1. The summed E-state index contributed by atoms with van der Waals surface area (Å²) in [6, 6.07) is 30.5. The summed E-state index contributed by atoms with van der Waals surface area (Å²) in [5, 5.41) is 41.0. The van der Waals surface area contributed by atoms with E-state index in [4.69, 9.17) is 24.2 Å². The predicted octanol–water partition coefficient (Wildman–Crippen LogP) is 9.65. The predicted molar refractivity (Wildman–Crippen MR) is 263 cm³/mol. The van der Waals surface area contributed by atoms with E-state index in [0.29, 0.717) is 59.9 Å². The van der Waals surface area contributed by atoms with E-state index in [1.165, 1.54) is 54.7 Å². The van der Waals surface area contributed by atoms with Gasteiger partial charge in [0.25, 0.3) is 5.69 Å². The first kappa shape index (κ1) is 49.0. The molecule has 0 spiro atoms. The van der Waals surface area contributed by atoms with E-state index in [-0.39, 0.29) is 67.1 Å². The summed E-state index contributed by atoms with van der Waals surface area (Å²) in [6.45, 7) is 5.38. The van der Waals surface area contributed by atoms with Gasteiger partial charge in [-0.1, -0.05) is 60.5 Å². The third-order valence-electron chi connectivity index (χ3n) is 13.4. The molecule has 1 aliphatic heterocycles. The van der Waals surface area contributed by atoms with E-state index < -0.39 is 32.7 Å². The maximum absolute atomic E-state index is 15.0. The van der Waals surface area contributed by atoms with Crippen LogP contribution in [0, 0.1) is 27.9 Å². The van der Waals surface area contributed by atoms with Crippen molar-refractivity contribution in [1.82, 2.24) is 4.31 Å². The van der Waals surface area contributed by atoms with Crippen molar-refractivity contribution in [2.45, 2.75) is 81.1 Å². The highest BCUT2D eigenvalue weighted by atomic mass is 32.2. The molecular formula is C53H58N4O11S. The summed E-state index contributed by atoms with van der Waals surface area (Å²) in [7, 11) is -2.82. The molecular weight excluding hydrogens is 901 g/mol. The molecule has 0 aromatic heterocycles. The van der Waals surface area contributed by atoms with Crippen molar-refractivity contribution >= 4 is 43.8 Å². The quantitative estimate of drug-likeness (QED) is 0.0274. The second-order valence-corrected chi connectivity index (χ2v) is 19.8. The molecule has 3 N–H and O–H groups in total. The molecule has 5 aromatic carbocycles. The minimum absolute atomic E-state index is 0.00300. The van der Waals surface area contributed by atoms with E-state index in [0.717, 1.165) is 34.8 Å². The fourth-order valence-electron chi connectivity index (χ4n) is 10.3. The summed E-state index contributed by atoms with van der Waals surface area (Å²) in [5.74, 6) is -1.46. The number of oxime groups is 1. The zero-order valence-electron chi connectivity index (χ0n) is 38.7. The van der Waals surface area contributed by atoms with Gasteiger partial charge in [-0.2, -0.15) is 4.31 Å². The molecule has 1 heterocycles. The Kier molecular flexibility index (Phi) is 15.2. The molecule has 8 rings (SSSR count). The average Bonchev–Trinajstić information content (AvgIpc) is 3.34. The molecule has 1 fully saturated rings. The summed E-state index contributed by atoms with van der Waals surface area (Å²) in [6.07, 6.45) is 7.85. The molecule has 0 radical (unpaired) electrons. The number of ether oxygens (including phenoxy) is 3. The van der Waals surface area contributed by atoms with Gasteiger partial charge < -0.3 is 34.6 Å². The molecule has 1 saturated carbocycles. The van der Waals surface area contributed by atoms with Crippen LogP contribution in [0.4, 0.5) is 11.4 Å². The standard InChI is InChI=1S/C53H58N4O11S/c1-4-29-65-53-50(56(3)69(63,64)44-24-18-40(19-25-44)54-35(2)60)33-48(55-66-34-36-15-20-41(21-16-36)57(61)62)46-31-39(13-7-9-27-58)45(14-8-10-28-59)51(52(46)53)47-32-43(23-26-49(47)68-53)67-42-22-17-37-11-5-6-12-38(37)30-42/h4-6,11-12,15-26,30-32,39,45,50-52,58-59H,1,7-10,13-14,27-29,33-34H2,2-3H3,(H,54,60). The number of likely N-dealkylation sites (N-methyl/N-ethyl adjacent to an activating group) is 1. The number of nitro groups is 1. The van der Waals surface area contributed by atoms with Crippen LogP contribution in [-0.4, -0.2) is 78.2 Å². The molecule has 15 nitrogen and oxygen atoms in total. The minimum atomic E-state index is -4.32. The van der Waals surface area contributed by atoms with E-state index in [1.54, 1.807) is 18.2 Å². The van der Waals surface area contributed by atoms with Crippen molar-refractivity contribution in [3.63, 3.8) is 0 Å². The number of sulfonamides is 1. The number of unbranched alkanes of at least 4 members (excludes halogenated alkanes) is 2. The van der Waals surface area contributed by atoms with Gasteiger partial charge in [0, 0.05) is 62.9 Å². The molecule has 69 heavy (non-hydrogen) atoms. The number of non-ortho nitro benzene ring substituents is 1. The van der Waals surface area contributed by atoms with Crippen LogP contribution in [0.2, 0.25) is 0 Å². The Morgan fingerprint density at radius 1 is 0.942 bits per heavy atom. The second kappa shape index (κ2) is 21.5. The number of nitrogens with zero attached hydrogens (tertiary/aromatic N) is 3. The smallest absolute Gasteiger partial charge is 0.269 e. The van der Waals surface area contributed by atoms with Crippen molar-refractivity contribution in [2.75, 3.05) is 32.2 Å². The highest BCUT2D eigenvalue weighted by Gasteiger charge is 2.65. The van der Waals surface area contributed by atoms with Crippen LogP contribution in [0.15, 0.2) is 144 Å². The zero-order valence-corrected chi connectivity index (χ0v) is 39.6. The Labute approximate surface area is 402 Å². The highest BCUT2D eigenvalue weighted by Crippen LogP contribution is 2.62. The Bertz CT molecular complexity index is 2830. The van der Waals surface area contributed by atoms with Crippen LogP contribution in [0.25, 0.3) is 10.8 Å². The Hall–Kier alpha value is -6.43. The summed E-state index contributed by atoms with van der Waals surface area (Å²) in [4.78, 5) is 28.8. The van der Waals surface area contributed by atoms with Crippen LogP contribution in [0.3, 0.4) is 0 Å². The molecule has 362 valence electrons. The number of carbonyl (C=O) groups is 1. The van der Waals surface area contributed by atoms with Crippen molar-refractivity contribution < 1.29 is 47.4 Å². The molecule has 2 aliphatic carbocycles. The van der Waals surface area contributed by atoms with E-state index >= 15 is 0 Å². The number of benzene rings is 5. The van der Waals surface area contributed by atoms with Crippen LogP contribution in [-0.2, 0) is 31.0 Å². The van der Waals surface area contributed by atoms with Gasteiger partial charge in [-0.25, -0.2) is 8.42 Å². The molecule has 5 aromatic rings. The normalized spacial score (nSPS) is 22.2. The van der Waals surface area contributed by atoms with Crippen molar-refractivity contribution in [3.05, 3.63) is 155 Å². The summed E-state index contributed by atoms with van der Waals surface area (Å²) in [5.41, 5.74) is 3.10. The molecule has 6 unspecified atom stereocenters. The van der Waals surface area contributed by atoms with Gasteiger partial charge in [-0.05, 0) is 126 Å². The lowest BCUT2D eigenvalue weighted by molar-refractivity contribution is -0.384. The molecule has 16 heteroatoms. The van der Waals surface area contributed by atoms with E-state index in [1.807, 2.05) is 60.7 Å².